The maximum atomic E-state index is 13.0. The number of carbonyl (C=O) groups is 1. The lowest BCUT2D eigenvalue weighted by Crippen LogP contribution is -2.40. The Hall–Kier alpha value is -2.49. The molecule has 1 amide bonds. The van der Waals surface area contributed by atoms with Crippen LogP contribution in [0.3, 0.4) is 0 Å². The van der Waals surface area contributed by atoms with Crippen LogP contribution in [0.15, 0.2) is 47.4 Å². The first kappa shape index (κ1) is 21.2. The Morgan fingerprint density at radius 1 is 1.17 bits per heavy atom. The van der Waals surface area contributed by atoms with E-state index in [1.807, 2.05) is 0 Å². The van der Waals surface area contributed by atoms with Crippen molar-refractivity contribution in [2.45, 2.75) is 24.8 Å². The van der Waals surface area contributed by atoms with Crippen molar-refractivity contribution >= 4 is 21.6 Å². The number of halogens is 1. The normalized spacial score (nSPS) is 16.2. The van der Waals surface area contributed by atoms with E-state index in [9.17, 15) is 17.6 Å². The van der Waals surface area contributed by atoms with Crippen molar-refractivity contribution in [3.05, 3.63) is 53.8 Å². The molecule has 1 fully saturated rings. The average Bonchev–Trinajstić information content (AvgIpc) is 2.71. The van der Waals surface area contributed by atoms with Crippen LogP contribution in [-0.2, 0) is 19.6 Å². The minimum absolute atomic E-state index is 0.104. The fraction of sp³-hybridized carbons (Fsp3) is 0.350. The number of nitrogens with zero attached hydrogens (tertiary/aromatic N) is 1. The molecule has 156 valence electrons. The predicted octanol–water partition coefficient (Wildman–Crippen LogP) is 2.56. The molecule has 0 saturated carbocycles. The van der Waals surface area contributed by atoms with Crippen LogP contribution in [-0.4, -0.2) is 51.0 Å². The molecule has 9 heteroatoms. The van der Waals surface area contributed by atoms with Gasteiger partial charge in [-0.25, -0.2) is 12.8 Å². The van der Waals surface area contributed by atoms with E-state index in [4.69, 9.17) is 9.47 Å². The van der Waals surface area contributed by atoms with Crippen LogP contribution in [0, 0.1) is 12.7 Å². The largest absolute Gasteiger partial charge is 0.481 e. The number of sulfonamides is 1. The number of nitrogens with one attached hydrogen (secondary N) is 1. The van der Waals surface area contributed by atoms with Gasteiger partial charge in [0, 0.05) is 18.8 Å². The number of hydrogen-bond donors (Lipinski definition) is 1. The van der Waals surface area contributed by atoms with E-state index >= 15 is 0 Å². The fourth-order valence-corrected chi connectivity index (χ4v) is 4.27. The Labute approximate surface area is 169 Å². The number of aryl methyl sites for hydroxylation is 1. The second kappa shape index (κ2) is 8.89. The van der Waals surface area contributed by atoms with Crippen LogP contribution < -0.4 is 10.1 Å². The minimum Gasteiger partial charge on any atom is -0.481 e. The topological polar surface area (TPSA) is 84.9 Å². The van der Waals surface area contributed by atoms with Crippen molar-refractivity contribution in [2.75, 3.05) is 31.6 Å². The monoisotopic (exact) mass is 422 g/mol. The van der Waals surface area contributed by atoms with Gasteiger partial charge in [-0.3, -0.25) is 4.79 Å². The molecule has 1 heterocycles. The van der Waals surface area contributed by atoms with Gasteiger partial charge in [0.05, 0.1) is 18.1 Å². The second-order valence-electron chi connectivity index (χ2n) is 6.70. The summed E-state index contributed by atoms with van der Waals surface area (Å²) < 4.78 is 50.8. The van der Waals surface area contributed by atoms with E-state index in [-0.39, 0.29) is 4.90 Å². The summed E-state index contributed by atoms with van der Waals surface area (Å²) in [6, 6.07) is 9.96. The molecule has 0 spiro atoms. The molecular weight excluding hydrogens is 399 g/mol. The van der Waals surface area contributed by atoms with Crippen LogP contribution in [0.25, 0.3) is 0 Å². The third-order valence-electron chi connectivity index (χ3n) is 4.57. The smallest absolute Gasteiger partial charge is 0.265 e. The van der Waals surface area contributed by atoms with E-state index in [0.29, 0.717) is 43.3 Å². The number of anilines is 1. The minimum atomic E-state index is -3.67. The Balaban J connectivity index is 1.73. The molecule has 3 rings (SSSR count). The summed E-state index contributed by atoms with van der Waals surface area (Å²) in [4.78, 5) is 12.6. The third kappa shape index (κ3) is 5.11. The number of amides is 1. The molecule has 29 heavy (non-hydrogen) atoms. The van der Waals surface area contributed by atoms with Gasteiger partial charge in [0.1, 0.15) is 11.6 Å². The molecule has 1 unspecified atom stereocenters. The highest BCUT2D eigenvalue weighted by Gasteiger charge is 2.27. The summed E-state index contributed by atoms with van der Waals surface area (Å²) in [7, 11) is -3.67. The zero-order valence-electron chi connectivity index (χ0n) is 16.2. The molecule has 1 aliphatic heterocycles. The van der Waals surface area contributed by atoms with Gasteiger partial charge >= 0.3 is 0 Å². The highest BCUT2D eigenvalue weighted by molar-refractivity contribution is 7.89. The maximum Gasteiger partial charge on any atom is 0.265 e. The zero-order valence-corrected chi connectivity index (χ0v) is 17.0. The fourth-order valence-electron chi connectivity index (χ4n) is 2.84. The maximum absolute atomic E-state index is 13.0. The quantitative estimate of drug-likeness (QED) is 0.773. The molecule has 7 nitrogen and oxygen atoms in total. The summed E-state index contributed by atoms with van der Waals surface area (Å²) in [6.07, 6.45) is -0.862. The van der Waals surface area contributed by atoms with E-state index in [1.165, 1.54) is 40.7 Å². The van der Waals surface area contributed by atoms with Gasteiger partial charge in [0.15, 0.2) is 6.10 Å². The molecule has 0 aliphatic carbocycles. The zero-order chi connectivity index (χ0) is 21.0. The first-order valence-electron chi connectivity index (χ1n) is 9.19. The van der Waals surface area contributed by atoms with Gasteiger partial charge in [-0.05, 0) is 55.8 Å². The molecule has 0 aromatic heterocycles. The number of rotatable bonds is 6. The summed E-state index contributed by atoms with van der Waals surface area (Å²) in [5.41, 5.74) is 1.10. The lowest BCUT2D eigenvalue weighted by atomic mass is 10.2. The average molecular weight is 422 g/mol. The first-order valence-corrected chi connectivity index (χ1v) is 10.6. The number of hydrogen-bond acceptors (Lipinski definition) is 5. The first-order chi connectivity index (χ1) is 13.8. The SMILES string of the molecule is Cc1ccc(S(=O)(=O)N2CCOCC2)cc1NC(=O)C(C)Oc1ccc(F)cc1. The standard InChI is InChI=1S/C20H23FN2O5S/c1-14-3-8-18(29(25,26)23-9-11-27-12-10-23)13-19(14)22-20(24)15(2)28-17-6-4-16(21)5-7-17/h3-8,13,15H,9-12H2,1-2H3,(H,22,24). The Morgan fingerprint density at radius 2 is 1.83 bits per heavy atom. The Bertz CT molecular complexity index is 973. The van der Waals surface area contributed by atoms with Crippen LogP contribution in [0.2, 0.25) is 0 Å². The lowest BCUT2D eigenvalue weighted by molar-refractivity contribution is -0.122. The highest BCUT2D eigenvalue weighted by Crippen LogP contribution is 2.24. The molecule has 0 bridgehead atoms. The molecule has 1 aliphatic rings. The van der Waals surface area contributed by atoms with E-state index < -0.39 is 27.9 Å². The van der Waals surface area contributed by atoms with Gasteiger partial charge in [0.2, 0.25) is 10.0 Å². The summed E-state index contributed by atoms with van der Waals surface area (Å²) in [5, 5.41) is 2.71. The van der Waals surface area contributed by atoms with Crippen LogP contribution in [0.5, 0.6) is 5.75 Å². The van der Waals surface area contributed by atoms with Crippen LogP contribution in [0.1, 0.15) is 12.5 Å². The number of benzene rings is 2. The van der Waals surface area contributed by atoms with Gasteiger partial charge in [-0.1, -0.05) is 6.07 Å². The second-order valence-corrected chi connectivity index (χ2v) is 8.63. The molecular formula is C20H23FN2O5S. The van der Waals surface area contributed by atoms with Gasteiger partial charge in [-0.2, -0.15) is 4.31 Å². The molecule has 0 radical (unpaired) electrons. The molecule has 1 N–H and O–H groups in total. The molecule has 2 aromatic rings. The lowest BCUT2D eigenvalue weighted by Gasteiger charge is -2.26. The van der Waals surface area contributed by atoms with Crippen molar-refractivity contribution in [1.82, 2.24) is 4.31 Å². The summed E-state index contributed by atoms with van der Waals surface area (Å²) in [5.74, 6) is -0.490. The van der Waals surface area contributed by atoms with Crippen molar-refractivity contribution in [3.8, 4) is 5.75 Å². The summed E-state index contributed by atoms with van der Waals surface area (Å²) >= 11 is 0. The molecule has 1 atom stereocenters. The van der Waals surface area contributed by atoms with Gasteiger partial charge < -0.3 is 14.8 Å². The van der Waals surface area contributed by atoms with Crippen molar-refractivity contribution in [1.29, 1.82) is 0 Å². The van der Waals surface area contributed by atoms with E-state index in [0.717, 1.165) is 0 Å². The molecule has 2 aromatic carbocycles. The Kier molecular flexibility index (Phi) is 6.51. The third-order valence-corrected chi connectivity index (χ3v) is 6.47. The van der Waals surface area contributed by atoms with Crippen molar-refractivity contribution in [2.24, 2.45) is 0 Å². The van der Waals surface area contributed by atoms with E-state index in [1.54, 1.807) is 19.9 Å². The van der Waals surface area contributed by atoms with Crippen LogP contribution in [0.4, 0.5) is 10.1 Å². The van der Waals surface area contributed by atoms with Crippen molar-refractivity contribution < 1.29 is 27.1 Å². The number of carbonyl (C=O) groups excluding carboxylic acids is 1. The van der Waals surface area contributed by atoms with Gasteiger partial charge in [0.25, 0.3) is 5.91 Å². The van der Waals surface area contributed by atoms with Gasteiger partial charge in [-0.15, -0.1) is 0 Å². The number of morpholine rings is 1. The predicted molar refractivity (Wildman–Crippen MR) is 106 cm³/mol. The Morgan fingerprint density at radius 3 is 2.48 bits per heavy atom. The van der Waals surface area contributed by atoms with Crippen molar-refractivity contribution in [3.63, 3.8) is 0 Å². The molecule has 1 saturated heterocycles. The van der Waals surface area contributed by atoms with Crippen LogP contribution >= 0.6 is 0 Å². The number of ether oxygens (including phenoxy) is 2. The van der Waals surface area contributed by atoms with E-state index in [2.05, 4.69) is 5.32 Å². The summed E-state index contributed by atoms with van der Waals surface area (Å²) in [6.45, 7) is 4.62. The highest BCUT2D eigenvalue weighted by atomic mass is 32.2.